The Kier molecular flexibility index (Phi) is 8.17. The first-order chi connectivity index (χ1) is 10.6. The zero-order chi connectivity index (χ0) is 16.4. The molecule has 0 heterocycles. The molecule has 0 saturated heterocycles. The molecule has 2 amide bonds. The van der Waals surface area contributed by atoms with E-state index in [1.54, 1.807) is 7.05 Å². The molecular formula is C16H26N4O2. The number of hydrogen-bond acceptors (Lipinski definition) is 4. The van der Waals surface area contributed by atoms with Crippen molar-refractivity contribution >= 4 is 11.8 Å². The van der Waals surface area contributed by atoms with E-state index >= 15 is 0 Å². The van der Waals surface area contributed by atoms with Crippen molar-refractivity contribution < 1.29 is 9.59 Å². The number of carbonyl (C=O) groups excluding carboxylic acids is 2. The summed E-state index contributed by atoms with van der Waals surface area (Å²) in [4.78, 5) is 23.8. The van der Waals surface area contributed by atoms with Crippen molar-refractivity contribution in [1.82, 2.24) is 10.6 Å². The third-order valence-electron chi connectivity index (χ3n) is 3.55. The van der Waals surface area contributed by atoms with Crippen LogP contribution in [-0.2, 0) is 16.0 Å². The van der Waals surface area contributed by atoms with E-state index in [1.165, 1.54) is 0 Å². The standard InChI is InChI=1S/C16H26N4O2/c1-19-14(11-12-7-3-2-4-8-12)16(22)20-13(15(18)21)9-5-6-10-17/h2-4,7-8,13-14,19H,5-6,9-11,17H2,1H3,(H2,18,21)(H,20,22)/t13-,14-/m0/s1. The van der Waals surface area contributed by atoms with Crippen molar-refractivity contribution in [3.63, 3.8) is 0 Å². The maximum absolute atomic E-state index is 12.3. The minimum atomic E-state index is -0.648. The van der Waals surface area contributed by atoms with Crippen LogP contribution in [0.4, 0.5) is 0 Å². The van der Waals surface area contributed by atoms with Crippen LogP contribution in [0, 0.1) is 0 Å². The Morgan fingerprint density at radius 3 is 2.36 bits per heavy atom. The molecular weight excluding hydrogens is 280 g/mol. The Bertz CT molecular complexity index is 464. The predicted molar refractivity (Wildman–Crippen MR) is 87.0 cm³/mol. The van der Waals surface area contributed by atoms with Gasteiger partial charge in [-0.1, -0.05) is 30.3 Å². The van der Waals surface area contributed by atoms with Crippen LogP contribution in [0.3, 0.4) is 0 Å². The highest BCUT2D eigenvalue weighted by atomic mass is 16.2. The maximum Gasteiger partial charge on any atom is 0.240 e. The van der Waals surface area contributed by atoms with Crippen molar-refractivity contribution in [2.45, 2.75) is 37.8 Å². The molecule has 0 aromatic heterocycles. The van der Waals surface area contributed by atoms with Gasteiger partial charge in [-0.25, -0.2) is 0 Å². The lowest BCUT2D eigenvalue weighted by atomic mass is 10.0. The van der Waals surface area contributed by atoms with E-state index in [0.717, 1.165) is 18.4 Å². The van der Waals surface area contributed by atoms with Gasteiger partial charge in [0.25, 0.3) is 0 Å². The number of amides is 2. The van der Waals surface area contributed by atoms with Crippen molar-refractivity contribution in [3.05, 3.63) is 35.9 Å². The van der Waals surface area contributed by atoms with Gasteiger partial charge >= 0.3 is 0 Å². The molecule has 122 valence electrons. The Morgan fingerprint density at radius 2 is 1.82 bits per heavy atom. The number of benzene rings is 1. The van der Waals surface area contributed by atoms with Gasteiger partial charge in [-0.05, 0) is 44.8 Å². The van der Waals surface area contributed by atoms with Crippen LogP contribution in [0.5, 0.6) is 0 Å². The van der Waals surface area contributed by atoms with Gasteiger partial charge in [-0.15, -0.1) is 0 Å². The average molecular weight is 306 g/mol. The van der Waals surface area contributed by atoms with E-state index < -0.39 is 18.0 Å². The summed E-state index contributed by atoms with van der Waals surface area (Å²) in [5.74, 6) is -0.733. The molecule has 0 fully saturated rings. The molecule has 0 aliphatic heterocycles. The van der Waals surface area contributed by atoms with Crippen LogP contribution < -0.4 is 22.1 Å². The second kappa shape index (κ2) is 9.92. The lowest BCUT2D eigenvalue weighted by Crippen LogP contribution is -2.51. The fourth-order valence-electron chi connectivity index (χ4n) is 2.23. The molecule has 0 radical (unpaired) electrons. The van der Waals surface area contributed by atoms with Crippen LogP contribution >= 0.6 is 0 Å². The molecule has 0 unspecified atom stereocenters. The molecule has 1 aromatic rings. The zero-order valence-electron chi connectivity index (χ0n) is 13.0. The predicted octanol–water partition coefficient (Wildman–Crippen LogP) is -0.0838. The molecule has 0 bridgehead atoms. The highest BCUT2D eigenvalue weighted by molar-refractivity contribution is 5.89. The molecule has 6 heteroatoms. The van der Waals surface area contributed by atoms with Crippen LogP contribution in [0.1, 0.15) is 24.8 Å². The van der Waals surface area contributed by atoms with E-state index in [2.05, 4.69) is 10.6 Å². The molecule has 0 aliphatic rings. The van der Waals surface area contributed by atoms with Gasteiger partial charge in [0, 0.05) is 0 Å². The molecule has 0 aliphatic carbocycles. The van der Waals surface area contributed by atoms with Crippen molar-refractivity contribution in [3.8, 4) is 0 Å². The van der Waals surface area contributed by atoms with Crippen LogP contribution in [0.15, 0.2) is 30.3 Å². The summed E-state index contributed by atoms with van der Waals surface area (Å²) in [5.41, 5.74) is 11.8. The normalized spacial score (nSPS) is 13.4. The number of hydrogen-bond donors (Lipinski definition) is 4. The average Bonchev–Trinajstić information content (AvgIpc) is 2.52. The highest BCUT2D eigenvalue weighted by Gasteiger charge is 2.23. The summed E-state index contributed by atoms with van der Waals surface area (Å²) in [7, 11) is 1.72. The number of likely N-dealkylation sites (N-methyl/N-ethyl adjacent to an activating group) is 1. The van der Waals surface area contributed by atoms with E-state index in [0.29, 0.717) is 19.4 Å². The summed E-state index contributed by atoms with van der Waals surface area (Å²) in [6.45, 7) is 0.562. The lowest BCUT2D eigenvalue weighted by molar-refractivity contribution is -0.128. The Morgan fingerprint density at radius 1 is 1.14 bits per heavy atom. The third kappa shape index (κ3) is 6.24. The molecule has 0 saturated carbocycles. The number of carbonyl (C=O) groups is 2. The lowest BCUT2D eigenvalue weighted by Gasteiger charge is -2.20. The first-order valence-corrected chi connectivity index (χ1v) is 7.59. The van der Waals surface area contributed by atoms with E-state index in [4.69, 9.17) is 11.5 Å². The van der Waals surface area contributed by atoms with Crippen LogP contribution in [0.2, 0.25) is 0 Å². The number of primary amides is 1. The summed E-state index contributed by atoms with van der Waals surface area (Å²) >= 11 is 0. The summed E-state index contributed by atoms with van der Waals surface area (Å²) < 4.78 is 0. The Labute approximate surface area is 131 Å². The molecule has 0 spiro atoms. The first-order valence-electron chi connectivity index (χ1n) is 7.59. The minimum absolute atomic E-state index is 0.220. The molecule has 1 aromatic carbocycles. The van der Waals surface area contributed by atoms with Gasteiger partial charge in [0.1, 0.15) is 6.04 Å². The van der Waals surface area contributed by atoms with E-state index in [-0.39, 0.29) is 5.91 Å². The second-order valence-electron chi connectivity index (χ2n) is 5.28. The van der Waals surface area contributed by atoms with Crippen LogP contribution in [-0.4, -0.2) is 37.5 Å². The molecule has 6 N–H and O–H groups in total. The summed E-state index contributed by atoms with van der Waals surface area (Å²) in [6.07, 6.45) is 2.63. The monoisotopic (exact) mass is 306 g/mol. The van der Waals surface area contributed by atoms with E-state index in [9.17, 15) is 9.59 Å². The quantitative estimate of drug-likeness (QED) is 0.453. The van der Waals surface area contributed by atoms with Gasteiger partial charge in [0.15, 0.2) is 0 Å². The molecule has 1 rings (SSSR count). The molecule has 2 atom stereocenters. The number of nitrogens with one attached hydrogen (secondary N) is 2. The number of nitrogens with two attached hydrogens (primary N) is 2. The zero-order valence-corrected chi connectivity index (χ0v) is 13.0. The van der Waals surface area contributed by atoms with Gasteiger partial charge < -0.3 is 22.1 Å². The first kappa shape index (κ1) is 18.1. The SMILES string of the molecule is CN[C@@H](Cc1ccccc1)C(=O)N[C@@H](CCCCN)C(N)=O. The van der Waals surface area contributed by atoms with Gasteiger partial charge in [0.05, 0.1) is 6.04 Å². The molecule has 22 heavy (non-hydrogen) atoms. The smallest absolute Gasteiger partial charge is 0.240 e. The maximum atomic E-state index is 12.3. The van der Waals surface area contributed by atoms with E-state index in [1.807, 2.05) is 30.3 Å². The van der Waals surface area contributed by atoms with Gasteiger partial charge in [-0.2, -0.15) is 0 Å². The fraction of sp³-hybridized carbons (Fsp3) is 0.500. The number of unbranched alkanes of at least 4 members (excludes halogenated alkanes) is 1. The topological polar surface area (TPSA) is 110 Å². The van der Waals surface area contributed by atoms with Crippen molar-refractivity contribution in [2.24, 2.45) is 11.5 Å². The Hall–Kier alpha value is -1.92. The van der Waals surface area contributed by atoms with Gasteiger partial charge in [0.2, 0.25) is 11.8 Å². The number of rotatable bonds is 10. The van der Waals surface area contributed by atoms with Crippen molar-refractivity contribution in [2.75, 3.05) is 13.6 Å². The third-order valence-corrected chi connectivity index (χ3v) is 3.55. The fourth-order valence-corrected chi connectivity index (χ4v) is 2.23. The minimum Gasteiger partial charge on any atom is -0.368 e. The van der Waals surface area contributed by atoms with Crippen LogP contribution in [0.25, 0.3) is 0 Å². The summed E-state index contributed by atoms with van der Waals surface area (Å²) in [5, 5.41) is 5.71. The Balaban J connectivity index is 2.59. The largest absolute Gasteiger partial charge is 0.368 e. The molecule has 6 nitrogen and oxygen atoms in total. The highest BCUT2D eigenvalue weighted by Crippen LogP contribution is 2.05. The van der Waals surface area contributed by atoms with Crippen molar-refractivity contribution in [1.29, 1.82) is 0 Å². The second-order valence-corrected chi connectivity index (χ2v) is 5.28. The summed E-state index contributed by atoms with van der Waals surface area (Å²) in [6, 6.07) is 8.66. The van der Waals surface area contributed by atoms with Gasteiger partial charge in [-0.3, -0.25) is 9.59 Å².